The maximum Gasteiger partial charge on any atom is 0.233 e. The van der Waals surface area contributed by atoms with Crippen LogP contribution in [-0.4, -0.2) is 62.4 Å². The molecule has 2 heterocycles. The van der Waals surface area contributed by atoms with Gasteiger partial charge in [-0.15, -0.1) is 10.2 Å². The second-order valence-electron chi connectivity index (χ2n) is 8.63. The molecule has 0 N–H and O–H groups in total. The van der Waals surface area contributed by atoms with Crippen molar-refractivity contribution in [2.75, 3.05) is 25.9 Å². The number of hydrogen-bond donors (Lipinski definition) is 0. The summed E-state index contributed by atoms with van der Waals surface area (Å²) in [5.41, 5.74) is 0.828. The van der Waals surface area contributed by atoms with E-state index in [2.05, 4.69) is 15.1 Å². The number of aromatic nitrogens is 3. The summed E-state index contributed by atoms with van der Waals surface area (Å²) in [6, 6.07) is 6.76. The molecule has 8 heteroatoms. The maximum absolute atomic E-state index is 13.5. The molecule has 1 aromatic heterocycles. The summed E-state index contributed by atoms with van der Waals surface area (Å²) in [6.45, 7) is 2.83. The molecule has 2 aliphatic rings. The van der Waals surface area contributed by atoms with Crippen molar-refractivity contribution in [2.24, 2.45) is 0 Å². The van der Waals surface area contributed by atoms with E-state index < -0.39 is 0 Å². The summed E-state index contributed by atoms with van der Waals surface area (Å²) in [4.78, 5) is 17.1. The summed E-state index contributed by atoms with van der Waals surface area (Å²) in [7, 11) is 1.92. The van der Waals surface area contributed by atoms with Crippen LogP contribution in [0.25, 0.3) is 5.69 Å². The highest BCUT2D eigenvalue weighted by Crippen LogP contribution is 2.26. The highest BCUT2D eigenvalue weighted by molar-refractivity contribution is 7.99. The largest absolute Gasteiger partial charge is 0.342 e. The number of amides is 1. The van der Waals surface area contributed by atoms with Gasteiger partial charge in [-0.3, -0.25) is 14.3 Å². The zero-order chi connectivity index (χ0) is 21.6. The fraction of sp³-hybridized carbons (Fsp3) is 0.609. The van der Waals surface area contributed by atoms with Crippen molar-refractivity contribution in [1.82, 2.24) is 24.6 Å². The van der Waals surface area contributed by atoms with Crippen LogP contribution in [0.1, 0.15) is 57.2 Å². The van der Waals surface area contributed by atoms with E-state index in [0.717, 1.165) is 37.4 Å². The van der Waals surface area contributed by atoms with Crippen molar-refractivity contribution in [1.29, 1.82) is 0 Å². The molecule has 1 aromatic carbocycles. The Morgan fingerprint density at radius 3 is 2.45 bits per heavy atom. The average molecular weight is 446 g/mol. The van der Waals surface area contributed by atoms with Gasteiger partial charge in [0, 0.05) is 18.8 Å². The second-order valence-corrected chi connectivity index (χ2v) is 9.58. The van der Waals surface area contributed by atoms with E-state index in [9.17, 15) is 9.18 Å². The topological polar surface area (TPSA) is 54.3 Å². The summed E-state index contributed by atoms with van der Waals surface area (Å²) < 4.78 is 15.5. The molecular weight excluding hydrogens is 413 g/mol. The third kappa shape index (κ3) is 5.66. The van der Waals surface area contributed by atoms with Gasteiger partial charge in [-0.1, -0.05) is 37.4 Å². The van der Waals surface area contributed by atoms with Crippen LogP contribution in [0.2, 0.25) is 0 Å². The number of carbonyl (C=O) groups is 1. The molecule has 1 aliphatic carbocycles. The van der Waals surface area contributed by atoms with E-state index in [-0.39, 0.29) is 11.7 Å². The molecule has 31 heavy (non-hydrogen) atoms. The third-order valence-electron chi connectivity index (χ3n) is 6.44. The van der Waals surface area contributed by atoms with Crippen molar-refractivity contribution in [3.63, 3.8) is 0 Å². The number of rotatable bonds is 7. The smallest absolute Gasteiger partial charge is 0.233 e. The van der Waals surface area contributed by atoms with Crippen molar-refractivity contribution in [3.8, 4) is 5.69 Å². The zero-order valence-electron chi connectivity index (χ0n) is 18.3. The van der Waals surface area contributed by atoms with Gasteiger partial charge < -0.3 is 4.90 Å². The summed E-state index contributed by atoms with van der Waals surface area (Å²) in [5.74, 6) is 1.02. The molecule has 1 saturated heterocycles. The standard InChI is InChI=1S/C23H32FN5OS/c1-27(19-8-4-2-5-9-19)22(30)17-31-23-26-25-21(16-28-14-6-3-7-15-28)29(23)20-12-10-18(24)11-13-20/h10-13,19H,2-9,14-17H2,1H3. The highest BCUT2D eigenvalue weighted by Gasteiger charge is 2.24. The first-order chi connectivity index (χ1) is 15.1. The van der Waals surface area contributed by atoms with E-state index in [1.807, 2.05) is 16.5 Å². The Labute approximate surface area is 188 Å². The SMILES string of the molecule is CN(C(=O)CSc1nnc(CN2CCCCC2)n1-c1ccc(F)cc1)C1CCCCC1. The van der Waals surface area contributed by atoms with Gasteiger partial charge in [0.25, 0.3) is 0 Å². The van der Waals surface area contributed by atoms with E-state index in [4.69, 9.17) is 0 Å². The van der Waals surface area contributed by atoms with Gasteiger partial charge in [0.1, 0.15) is 5.82 Å². The van der Waals surface area contributed by atoms with E-state index in [1.165, 1.54) is 62.4 Å². The monoisotopic (exact) mass is 445 g/mol. The molecule has 168 valence electrons. The number of hydrogen-bond acceptors (Lipinski definition) is 5. The second kappa shape index (κ2) is 10.6. The minimum atomic E-state index is -0.270. The maximum atomic E-state index is 13.5. The number of halogens is 1. The highest BCUT2D eigenvalue weighted by atomic mass is 32.2. The summed E-state index contributed by atoms with van der Waals surface area (Å²) in [5, 5.41) is 9.55. The molecule has 0 radical (unpaired) electrons. The van der Waals surface area contributed by atoms with Gasteiger partial charge in [-0.2, -0.15) is 0 Å². The Balaban J connectivity index is 1.49. The molecule has 0 unspecified atom stereocenters. The van der Waals surface area contributed by atoms with Crippen LogP contribution in [0.3, 0.4) is 0 Å². The first kappa shape index (κ1) is 22.3. The minimum Gasteiger partial charge on any atom is -0.342 e. The lowest BCUT2D eigenvalue weighted by Crippen LogP contribution is -2.39. The molecule has 1 saturated carbocycles. The van der Waals surface area contributed by atoms with Crippen molar-refractivity contribution in [3.05, 3.63) is 35.9 Å². The van der Waals surface area contributed by atoms with Crippen LogP contribution in [-0.2, 0) is 11.3 Å². The predicted octanol–water partition coefficient (Wildman–Crippen LogP) is 4.28. The molecule has 1 aliphatic heterocycles. The average Bonchev–Trinajstić information content (AvgIpc) is 3.21. The van der Waals surface area contributed by atoms with Gasteiger partial charge in [0.2, 0.25) is 5.91 Å². The molecule has 0 bridgehead atoms. The lowest BCUT2D eigenvalue weighted by atomic mass is 9.94. The van der Waals surface area contributed by atoms with Crippen LogP contribution in [0.15, 0.2) is 29.4 Å². The quantitative estimate of drug-likeness (QED) is 0.596. The van der Waals surface area contributed by atoms with Crippen LogP contribution in [0, 0.1) is 5.82 Å². The van der Waals surface area contributed by atoms with Gasteiger partial charge in [-0.25, -0.2) is 4.39 Å². The first-order valence-electron chi connectivity index (χ1n) is 11.4. The number of nitrogens with zero attached hydrogens (tertiary/aromatic N) is 5. The Morgan fingerprint density at radius 2 is 1.74 bits per heavy atom. The number of benzene rings is 1. The van der Waals surface area contributed by atoms with Gasteiger partial charge in [0.15, 0.2) is 11.0 Å². The van der Waals surface area contributed by atoms with Crippen LogP contribution in [0.5, 0.6) is 0 Å². The number of carbonyl (C=O) groups excluding carboxylic acids is 1. The molecule has 2 fully saturated rings. The van der Waals surface area contributed by atoms with Crippen LogP contribution >= 0.6 is 11.8 Å². The van der Waals surface area contributed by atoms with Crippen LogP contribution < -0.4 is 0 Å². The van der Waals surface area contributed by atoms with Gasteiger partial charge in [-0.05, 0) is 63.0 Å². The number of likely N-dealkylation sites (tertiary alicyclic amines) is 1. The number of piperidine rings is 1. The zero-order valence-corrected chi connectivity index (χ0v) is 19.1. The Hall–Kier alpha value is -1.93. The van der Waals surface area contributed by atoms with Gasteiger partial charge in [0.05, 0.1) is 12.3 Å². The molecule has 0 atom stereocenters. The molecule has 6 nitrogen and oxygen atoms in total. The van der Waals surface area contributed by atoms with Crippen molar-refractivity contribution in [2.45, 2.75) is 69.1 Å². The molecule has 0 spiro atoms. The Morgan fingerprint density at radius 1 is 1.06 bits per heavy atom. The lowest BCUT2D eigenvalue weighted by Gasteiger charge is -2.31. The summed E-state index contributed by atoms with van der Waals surface area (Å²) in [6.07, 6.45) is 9.55. The van der Waals surface area contributed by atoms with E-state index in [1.54, 1.807) is 12.1 Å². The Bertz CT molecular complexity index is 859. The third-order valence-corrected chi connectivity index (χ3v) is 7.35. The molecular formula is C23H32FN5OS. The lowest BCUT2D eigenvalue weighted by molar-refractivity contribution is -0.129. The fourth-order valence-electron chi connectivity index (χ4n) is 4.56. The van der Waals surface area contributed by atoms with Crippen LogP contribution in [0.4, 0.5) is 4.39 Å². The first-order valence-corrected chi connectivity index (χ1v) is 12.4. The van der Waals surface area contributed by atoms with Crippen molar-refractivity contribution < 1.29 is 9.18 Å². The molecule has 1 amide bonds. The fourth-order valence-corrected chi connectivity index (χ4v) is 5.46. The van der Waals surface area contributed by atoms with Crippen molar-refractivity contribution >= 4 is 17.7 Å². The summed E-state index contributed by atoms with van der Waals surface area (Å²) >= 11 is 1.42. The van der Waals surface area contributed by atoms with E-state index >= 15 is 0 Å². The predicted molar refractivity (Wildman–Crippen MR) is 121 cm³/mol. The van der Waals surface area contributed by atoms with E-state index in [0.29, 0.717) is 23.5 Å². The molecule has 2 aromatic rings. The Kier molecular flexibility index (Phi) is 7.61. The number of thioether (sulfide) groups is 1. The normalized spacial score (nSPS) is 18.3. The van der Waals surface area contributed by atoms with Gasteiger partial charge >= 0.3 is 0 Å². The molecule has 4 rings (SSSR count). The minimum absolute atomic E-state index is 0.128.